The van der Waals surface area contributed by atoms with Crippen LogP contribution in [0.15, 0.2) is 53.0 Å². The molecule has 0 spiro atoms. The van der Waals surface area contributed by atoms with Gasteiger partial charge in [-0.15, -0.1) is 12.4 Å². The van der Waals surface area contributed by atoms with Gasteiger partial charge in [0.25, 0.3) is 0 Å². The maximum Gasteiger partial charge on any atom is 0.138 e. The van der Waals surface area contributed by atoms with Crippen molar-refractivity contribution in [1.29, 1.82) is 5.26 Å². The summed E-state index contributed by atoms with van der Waals surface area (Å²) in [6.07, 6.45) is -0.226. The molecule has 0 saturated carbocycles. The molecule has 2 N–H and O–H groups in total. The maximum atomic E-state index is 8.79. The van der Waals surface area contributed by atoms with Gasteiger partial charge in [0, 0.05) is 10.5 Å². The van der Waals surface area contributed by atoms with Gasteiger partial charge >= 0.3 is 0 Å². The van der Waals surface area contributed by atoms with Crippen molar-refractivity contribution in [3.8, 4) is 11.8 Å². The molecule has 0 radical (unpaired) electrons. The summed E-state index contributed by atoms with van der Waals surface area (Å²) in [6, 6.07) is 16.9. The van der Waals surface area contributed by atoms with Gasteiger partial charge in [-0.05, 0) is 48.9 Å². The molecule has 0 fully saturated rings. The lowest BCUT2D eigenvalue weighted by Crippen LogP contribution is -2.29. The smallest absolute Gasteiger partial charge is 0.138 e. The van der Waals surface area contributed by atoms with Crippen LogP contribution in [-0.4, -0.2) is 6.04 Å². The molecule has 110 valence electrons. The van der Waals surface area contributed by atoms with Crippen molar-refractivity contribution in [2.24, 2.45) is 5.73 Å². The zero-order valence-electron chi connectivity index (χ0n) is 11.5. The Kier molecular flexibility index (Phi) is 6.70. The molecule has 0 aliphatic heterocycles. The predicted octanol–water partition coefficient (Wildman–Crippen LogP) is 4.21. The third-order valence-electron chi connectivity index (χ3n) is 2.92. The average Bonchev–Trinajstić information content (AvgIpc) is 2.46. The second kappa shape index (κ2) is 8.04. The first-order valence-electron chi connectivity index (χ1n) is 6.28. The first-order valence-corrected chi connectivity index (χ1v) is 7.07. The summed E-state index contributed by atoms with van der Waals surface area (Å²) in [5.74, 6) is 0.703. The van der Waals surface area contributed by atoms with E-state index in [1.54, 1.807) is 24.3 Å². The molecule has 0 heterocycles. The molecular weight excluding hydrogens is 352 g/mol. The van der Waals surface area contributed by atoms with Gasteiger partial charge in [0.05, 0.1) is 11.6 Å². The summed E-state index contributed by atoms with van der Waals surface area (Å²) >= 11 is 3.41. The minimum Gasteiger partial charge on any atom is -0.484 e. The van der Waals surface area contributed by atoms with Crippen molar-refractivity contribution in [1.82, 2.24) is 0 Å². The molecule has 0 aliphatic carbocycles. The van der Waals surface area contributed by atoms with E-state index >= 15 is 0 Å². The Morgan fingerprint density at radius 1 is 1.10 bits per heavy atom. The first kappa shape index (κ1) is 17.5. The fraction of sp³-hybridized carbons (Fsp3) is 0.188. The minimum atomic E-state index is -0.226. The van der Waals surface area contributed by atoms with Gasteiger partial charge in [0.15, 0.2) is 0 Å². The summed E-state index contributed by atoms with van der Waals surface area (Å²) in [4.78, 5) is 0. The van der Waals surface area contributed by atoms with Crippen LogP contribution in [0.2, 0.25) is 0 Å². The number of ether oxygens (including phenoxy) is 1. The molecule has 0 aromatic heterocycles. The van der Waals surface area contributed by atoms with Gasteiger partial charge in [-0.25, -0.2) is 0 Å². The Hall–Kier alpha value is -1.54. The Balaban J connectivity index is 0.00000220. The Bertz CT molecular complexity index is 606. The predicted molar refractivity (Wildman–Crippen MR) is 89.6 cm³/mol. The van der Waals surface area contributed by atoms with Gasteiger partial charge in [-0.3, -0.25) is 0 Å². The number of hydrogen-bond donors (Lipinski definition) is 1. The van der Waals surface area contributed by atoms with E-state index in [0.29, 0.717) is 11.3 Å². The Morgan fingerprint density at radius 2 is 1.67 bits per heavy atom. The van der Waals surface area contributed by atoms with Crippen LogP contribution in [0, 0.1) is 11.3 Å². The first-order chi connectivity index (χ1) is 9.60. The number of nitrogens with two attached hydrogens (primary N) is 1. The highest BCUT2D eigenvalue weighted by Gasteiger charge is 2.18. The molecular formula is C16H16BrClN2O. The molecule has 2 rings (SSSR count). The third kappa shape index (κ3) is 4.75. The van der Waals surface area contributed by atoms with Crippen LogP contribution in [0.4, 0.5) is 0 Å². The van der Waals surface area contributed by atoms with Crippen LogP contribution in [0.1, 0.15) is 24.2 Å². The van der Waals surface area contributed by atoms with Gasteiger partial charge in [0.1, 0.15) is 11.9 Å². The van der Waals surface area contributed by atoms with Gasteiger partial charge < -0.3 is 10.5 Å². The summed E-state index contributed by atoms with van der Waals surface area (Å²) < 4.78 is 6.97. The van der Waals surface area contributed by atoms with Crippen molar-refractivity contribution in [2.45, 2.75) is 19.1 Å². The molecule has 0 bridgehead atoms. The van der Waals surface area contributed by atoms with Crippen molar-refractivity contribution in [3.05, 3.63) is 64.1 Å². The number of nitriles is 1. The van der Waals surface area contributed by atoms with Crippen LogP contribution < -0.4 is 10.5 Å². The molecule has 21 heavy (non-hydrogen) atoms. The Labute approximate surface area is 139 Å². The summed E-state index contributed by atoms with van der Waals surface area (Å²) in [5, 5.41) is 8.79. The van der Waals surface area contributed by atoms with Crippen LogP contribution in [0.25, 0.3) is 0 Å². The molecule has 2 unspecified atom stereocenters. The number of rotatable bonds is 4. The highest BCUT2D eigenvalue weighted by atomic mass is 79.9. The van der Waals surface area contributed by atoms with Crippen molar-refractivity contribution >= 4 is 28.3 Å². The normalized spacial score (nSPS) is 12.7. The molecule has 0 amide bonds. The van der Waals surface area contributed by atoms with Crippen LogP contribution in [-0.2, 0) is 0 Å². The fourth-order valence-corrected chi connectivity index (χ4v) is 2.15. The van der Waals surface area contributed by atoms with Crippen LogP contribution in [0.3, 0.4) is 0 Å². The molecule has 0 saturated heterocycles. The fourth-order valence-electron chi connectivity index (χ4n) is 1.89. The molecule has 0 aliphatic rings. The van der Waals surface area contributed by atoms with E-state index < -0.39 is 0 Å². The number of halogens is 2. The molecule has 2 atom stereocenters. The van der Waals surface area contributed by atoms with Crippen molar-refractivity contribution < 1.29 is 4.74 Å². The lowest BCUT2D eigenvalue weighted by atomic mass is 10.0. The van der Waals surface area contributed by atoms with E-state index in [1.165, 1.54) is 0 Å². The summed E-state index contributed by atoms with van der Waals surface area (Å²) in [6.45, 7) is 1.91. The summed E-state index contributed by atoms with van der Waals surface area (Å²) in [5.41, 5.74) is 7.65. The SMILES string of the molecule is CC(N)C(Oc1ccc(C#N)cc1)c1ccc(Br)cc1.Cl. The van der Waals surface area contributed by atoms with Crippen LogP contribution >= 0.6 is 28.3 Å². The van der Waals surface area contributed by atoms with E-state index in [-0.39, 0.29) is 24.6 Å². The van der Waals surface area contributed by atoms with Gasteiger partial charge in [-0.2, -0.15) is 5.26 Å². The quantitative estimate of drug-likeness (QED) is 0.880. The second-order valence-corrected chi connectivity index (χ2v) is 5.50. The zero-order valence-corrected chi connectivity index (χ0v) is 13.9. The van der Waals surface area contributed by atoms with Gasteiger partial charge in [-0.1, -0.05) is 28.1 Å². The minimum absolute atomic E-state index is 0. The summed E-state index contributed by atoms with van der Waals surface area (Å²) in [7, 11) is 0. The Morgan fingerprint density at radius 3 is 2.14 bits per heavy atom. The highest BCUT2D eigenvalue weighted by Crippen LogP contribution is 2.25. The van der Waals surface area contributed by atoms with Crippen molar-refractivity contribution in [2.75, 3.05) is 0 Å². The lowest BCUT2D eigenvalue weighted by molar-refractivity contribution is 0.180. The number of benzene rings is 2. The van der Waals surface area contributed by atoms with Crippen LogP contribution in [0.5, 0.6) is 5.75 Å². The van der Waals surface area contributed by atoms with E-state index in [2.05, 4.69) is 22.0 Å². The van der Waals surface area contributed by atoms with E-state index in [9.17, 15) is 0 Å². The van der Waals surface area contributed by atoms with Gasteiger partial charge in [0.2, 0.25) is 0 Å². The number of hydrogen-bond acceptors (Lipinski definition) is 3. The number of nitrogens with zero attached hydrogens (tertiary/aromatic N) is 1. The largest absolute Gasteiger partial charge is 0.484 e. The van der Waals surface area contributed by atoms with E-state index in [1.807, 2.05) is 31.2 Å². The molecule has 2 aromatic carbocycles. The zero-order chi connectivity index (χ0) is 14.5. The van der Waals surface area contributed by atoms with Crippen molar-refractivity contribution in [3.63, 3.8) is 0 Å². The lowest BCUT2D eigenvalue weighted by Gasteiger charge is -2.23. The molecule has 2 aromatic rings. The standard InChI is InChI=1S/C16H15BrN2O.ClH/c1-11(19)16(13-4-6-14(17)7-5-13)20-15-8-2-12(10-18)3-9-15;/h2-9,11,16H,19H2,1H3;1H. The third-order valence-corrected chi connectivity index (χ3v) is 3.45. The molecule has 3 nitrogen and oxygen atoms in total. The monoisotopic (exact) mass is 366 g/mol. The second-order valence-electron chi connectivity index (χ2n) is 4.59. The maximum absolute atomic E-state index is 8.79. The van der Waals surface area contributed by atoms with E-state index in [0.717, 1.165) is 10.0 Å². The molecule has 5 heteroatoms. The van der Waals surface area contributed by atoms with E-state index in [4.69, 9.17) is 15.7 Å². The topological polar surface area (TPSA) is 59.0 Å². The highest BCUT2D eigenvalue weighted by molar-refractivity contribution is 9.10. The average molecular weight is 368 g/mol.